The second kappa shape index (κ2) is 8.73. The average Bonchev–Trinajstić information content (AvgIpc) is 3.52. The molecule has 30 heavy (non-hydrogen) atoms. The van der Waals surface area contributed by atoms with Crippen LogP contribution >= 0.6 is 0 Å². The fourth-order valence-corrected chi connectivity index (χ4v) is 3.61. The molecule has 1 saturated carbocycles. The Morgan fingerprint density at radius 3 is 2.63 bits per heavy atom. The van der Waals surface area contributed by atoms with Crippen LogP contribution in [-0.2, 0) is 16.2 Å². The number of hydrogen-bond acceptors (Lipinski definition) is 5. The third-order valence-corrected chi connectivity index (χ3v) is 5.43. The van der Waals surface area contributed by atoms with Crippen LogP contribution in [0, 0.1) is 11.7 Å². The lowest BCUT2D eigenvalue weighted by Gasteiger charge is -2.25. The summed E-state index contributed by atoms with van der Waals surface area (Å²) in [6, 6.07) is 12.1. The highest BCUT2D eigenvalue weighted by Gasteiger charge is 2.36. The maximum Gasteiger partial charge on any atom is 0.226 e. The second-order valence-electron chi connectivity index (χ2n) is 7.62. The van der Waals surface area contributed by atoms with Gasteiger partial charge in [-0.1, -0.05) is 23.4 Å². The molecule has 0 saturated heterocycles. The van der Waals surface area contributed by atoms with Gasteiger partial charge in [-0.15, -0.1) is 0 Å². The van der Waals surface area contributed by atoms with Crippen molar-refractivity contribution in [2.75, 3.05) is 20.8 Å². The van der Waals surface area contributed by atoms with Crippen LogP contribution in [0.1, 0.15) is 30.4 Å². The molecular formula is C23H25FN2O4. The van der Waals surface area contributed by atoms with E-state index in [0.29, 0.717) is 30.0 Å². The largest absolute Gasteiger partial charge is 0.493 e. The first-order chi connectivity index (χ1) is 14.6. The Balaban J connectivity index is 1.45. The molecule has 1 aliphatic carbocycles. The maximum atomic E-state index is 14.1. The molecule has 0 aromatic heterocycles. The predicted molar refractivity (Wildman–Crippen MR) is 110 cm³/mol. The summed E-state index contributed by atoms with van der Waals surface area (Å²) in [6.45, 7) is 0.595. The van der Waals surface area contributed by atoms with Crippen molar-refractivity contribution in [3.8, 4) is 11.5 Å². The van der Waals surface area contributed by atoms with E-state index < -0.39 is 0 Å². The molecule has 0 N–H and O–H groups in total. The van der Waals surface area contributed by atoms with E-state index in [0.717, 1.165) is 24.1 Å². The van der Waals surface area contributed by atoms with E-state index in [2.05, 4.69) is 5.16 Å². The smallest absolute Gasteiger partial charge is 0.226 e. The number of rotatable bonds is 8. The van der Waals surface area contributed by atoms with Crippen LogP contribution < -0.4 is 9.47 Å². The topological polar surface area (TPSA) is 60.4 Å². The first-order valence-electron chi connectivity index (χ1n) is 10.1. The van der Waals surface area contributed by atoms with Crippen molar-refractivity contribution in [1.29, 1.82) is 0 Å². The van der Waals surface area contributed by atoms with Crippen molar-refractivity contribution >= 4 is 11.6 Å². The Morgan fingerprint density at radius 1 is 1.17 bits per heavy atom. The molecule has 0 unspecified atom stereocenters. The molecule has 158 valence electrons. The molecule has 0 bridgehead atoms. The summed E-state index contributed by atoms with van der Waals surface area (Å²) in [4.78, 5) is 20.1. The van der Waals surface area contributed by atoms with Crippen LogP contribution in [0.2, 0.25) is 0 Å². The quantitative estimate of drug-likeness (QED) is 0.662. The monoisotopic (exact) mass is 412 g/mol. The molecule has 2 aliphatic rings. The number of methoxy groups -OCH3 is 2. The number of benzene rings is 2. The Labute approximate surface area is 175 Å². The summed E-state index contributed by atoms with van der Waals surface area (Å²) in [5.74, 6) is 1.06. The maximum absolute atomic E-state index is 14.1. The Bertz CT molecular complexity index is 958. The van der Waals surface area contributed by atoms with Crippen molar-refractivity contribution in [3.63, 3.8) is 0 Å². The number of carbonyl (C=O) groups excluding carboxylic acids is 1. The Kier molecular flexibility index (Phi) is 5.88. The Morgan fingerprint density at radius 2 is 1.93 bits per heavy atom. The van der Waals surface area contributed by atoms with Gasteiger partial charge < -0.3 is 19.2 Å². The van der Waals surface area contributed by atoms with E-state index in [1.54, 1.807) is 37.3 Å². The number of oxime groups is 1. The van der Waals surface area contributed by atoms with E-state index in [9.17, 15) is 9.18 Å². The molecule has 1 amide bonds. The average molecular weight is 412 g/mol. The van der Waals surface area contributed by atoms with Crippen LogP contribution in [0.15, 0.2) is 47.6 Å². The number of nitrogens with zero attached hydrogens (tertiary/aromatic N) is 2. The summed E-state index contributed by atoms with van der Waals surface area (Å²) in [7, 11) is 3.17. The fourth-order valence-electron chi connectivity index (χ4n) is 3.61. The van der Waals surface area contributed by atoms with Gasteiger partial charge in [0.2, 0.25) is 5.91 Å². The number of hydrogen-bond donors (Lipinski definition) is 0. The standard InChI is InChI=1S/C23H25FN2O4/c1-28-21-10-9-16(11-22(21)29-2)20-12-18(30-25-20)14-26(23(27)15-7-8-15)13-17-5-3-4-6-19(17)24/h3-6,9-11,15,18H,7-8,12-14H2,1-2H3/t18-/m0/s1. The molecule has 1 heterocycles. The minimum absolute atomic E-state index is 0.0458. The zero-order valence-electron chi connectivity index (χ0n) is 17.1. The minimum atomic E-state index is -0.305. The van der Waals surface area contributed by atoms with Gasteiger partial charge in [-0.3, -0.25) is 4.79 Å². The number of ether oxygens (including phenoxy) is 2. The zero-order chi connectivity index (χ0) is 21.1. The first kappa shape index (κ1) is 20.2. The first-order valence-corrected chi connectivity index (χ1v) is 10.1. The molecule has 4 rings (SSSR count). The summed E-state index contributed by atoms with van der Waals surface area (Å²) >= 11 is 0. The molecule has 1 aliphatic heterocycles. The van der Waals surface area contributed by atoms with Crippen LogP contribution in [0.3, 0.4) is 0 Å². The lowest BCUT2D eigenvalue weighted by molar-refractivity contribution is -0.135. The van der Waals surface area contributed by atoms with E-state index in [1.807, 2.05) is 18.2 Å². The van der Waals surface area contributed by atoms with Crippen molar-refractivity contribution in [2.24, 2.45) is 11.1 Å². The van der Waals surface area contributed by atoms with E-state index in [1.165, 1.54) is 6.07 Å². The van der Waals surface area contributed by atoms with Crippen LogP contribution in [-0.4, -0.2) is 43.4 Å². The molecule has 1 fully saturated rings. The molecule has 0 radical (unpaired) electrons. The normalized spacial score (nSPS) is 17.8. The SMILES string of the molecule is COc1ccc(C2=NO[C@H](CN(Cc3ccccc3F)C(=O)C3CC3)C2)cc1OC. The van der Waals surface area contributed by atoms with Crippen LogP contribution in [0.5, 0.6) is 11.5 Å². The fraction of sp³-hybridized carbons (Fsp3) is 0.391. The number of carbonyl (C=O) groups is 1. The highest BCUT2D eigenvalue weighted by molar-refractivity contribution is 6.01. The number of halogens is 1. The van der Waals surface area contributed by atoms with Gasteiger partial charge in [0.1, 0.15) is 5.82 Å². The van der Waals surface area contributed by atoms with E-state index in [-0.39, 0.29) is 30.3 Å². The third kappa shape index (κ3) is 4.40. The van der Waals surface area contributed by atoms with Crippen molar-refractivity contribution < 1.29 is 23.5 Å². The van der Waals surface area contributed by atoms with Gasteiger partial charge in [0.15, 0.2) is 17.6 Å². The minimum Gasteiger partial charge on any atom is -0.493 e. The van der Waals surface area contributed by atoms with Crippen molar-refractivity contribution in [1.82, 2.24) is 4.90 Å². The van der Waals surface area contributed by atoms with Crippen LogP contribution in [0.4, 0.5) is 4.39 Å². The van der Waals surface area contributed by atoms with E-state index >= 15 is 0 Å². The van der Waals surface area contributed by atoms with Crippen molar-refractivity contribution in [3.05, 3.63) is 59.4 Å². The van der Waals surface area contributed by atoms with Crippen LogP contribution in [0.25, 0.3) is 0 Å². The summed E-state index contributed by atoms with van der Waals surface area (Å²) in [5, 5.41) is 4.22. The highest BCUT2D eigenvalue weighted by atomic mass is 19.1. The summed E-state index contributed by atoms with van der Waals surface area (Å²) < 4.78 is 24.8. The van der Waals surface area contributed by atoms with Gasteiger partial charge in [-0.25, -0.2) is 4.39 Å². The van der Waals surface area contributed by atoms with Crippen molar-refractivity contribution in [2.45, 2.75) is 31.9 Å². The molecule has 2 aromatic carbocycles. The lowest BCUT2D eigenvalue weighted by atomic mass is 10.0. The lowest BCUT2D eigenvalue weighted by Crippen LogP contribution is -2.38. The Hall–Kier alpha value is -3.09. The zero-order valence-corrected chi connectivity index (χ0v) is 17.1. The van der Waals surface area contributed by atoms with Gasteiger partial charge in [0.05, 0.1) is 26.5 Å². The predicted octanol–water partition coefficient (Wildman–Crippen LogP) is 3.77. The van der Waals surface area contributed by atoms with Gasteiger partial charge >= 0.3 is 0 Å². The van der Waals surface area contributed by atoms with Gasteiger partial charge in [-0.05, 0) is 37.1 Å². The molecule has 7 heteroatoms. The molecule has 2 aromatic rings. The molecular weight excluding hydrogens is 387 g/mol. The second-order valence-corrected chi connectivity index (χ2v) is 7.62. The molecule has 6 nitrogen and oxygen atoms in total. The van der Waals surface area contributed by atoms with E-state index in [4.69, 9.17) is 14.3 Å². The summed E-state index contributed by atoms with van der Waals surface area (Å²) in [5.41, 5.74) is 2.17. The molecule has 1 atom stereocenters. The third-order valence-electron chi connectivity index (χ3n) is 5.43. The molecule has 0 spiro atoms. The summed E-state index contributed by atoms with van der Waals surface area (Å²) in [6.07, 6.45) is 2.07. The van der Waals surface area contributed by atoms with Gasteiger partial charge in [-0.2, -0.15) is 0 Å². The number of amides is 1. The highest BCUT2D eigenvalue weighted by Crippen LogP contribution is 2.33. The van der Waals surface area contributed by atoms with Gasteiger partial charge in [0.25, 0.3) is 0 Å². The van der Waals surface area contributed by atoms with Gasteiger partial charge in [0, 0.05) is 30.0 Å².